The van der Waals surface area contributed by atoms with Crippen LogP contribution in [0.1, 0.15) is 23.2 Å². The first-order valence-corrected chi connectivity index (χ1v) is 12.8. The van der Waals surface area contributed by atoms with E-state index in [2.05, 4.69) is 9.48 Å². The first-order chi connectivity index (χ1) is 18.8. The molecular formula is C30H26N2O7. The van der Waals surface area contributed by atoms with E-state index in [1.807, 2.05) is 36.4 Å². The Morgan fingerprint density at radius 2 is 1.62 bits per heavy atom. The molecule has 0 spiro atoms. The third kappa shape index (κ3) is 4.60. The number of hydrogen-bond acceptors (Lipinski definition) is 6. The number of nitrogens with zero attached hydrogens (tertiary/aromatic N) is 2. The van der Waals surface area contributed by atoms with Crippen molar-refractivity contribution in [3.8, 4) is 22.5 Å². The lowest BCUT2D eigenvalue weighted by Gasteiger charge is -2.40. The molecule has 39 heavy (non-hydrogen) atoms. The monoisotopic (exact) mass is 526 g/mol. The van der Waals surface area contributed by atoms with E-state index in [0.717, 1.165) is 27.6 Å². The first kappa shape index (κ1) is 24.7. The molecule has 2 fully saturated rings. The summed E-state index contributed by atoms with van der Waals surface area (Å²) in [6, 6.07) is 18.3. The number of rotatable bonds is 7. The zero-order valence-electron chi connectivity index (χ0n) is 21.0. The van der Waals surface area contributed by atoms with Gasteiger partial charge in [-0.1, -0.05) is 24.3 Å². The number of aromatic carboxylic acids is 1. The van der Waals surface area contributed by atoms with Crippen LogP contribution in [-0.2, 0) is 9.59 Å². The van der Waals surface area contributed by atoms with Crippen molar-refractivity contribution in [1.29, 1.82) is 0 Å². The fourth-order valence-electron chi connectivity index (χ4n) is 5.74. The standard InChI is InChI=1S/C30H26N2O7/c33-27(34)9-17-13-31(14-17)19-5-7-23-25(11-19)39-26-12-20(32-15-18(16-32)10-28(35)36)6-8-24(26)29(23)21-3-1-2-4-22(21)30(37)38/h1-8,11-12,17-18H,9-10,13-16H2,(H2-,33,34,35,36,37,38). The average molecular weight is 527 g/mol. The summed E-state index contributed by atoms with van der Waals surface area (Å²) >= 11 is 0. The van der Waals surface area contributed by atoms with Crippen molar-refractivity contribution in [2.75, 3.05) is 31.1 Å². The molecule has 9 nitrogen and oxygen atoms in total. The average Bonchev–Trinajstić information content (AvgIpc) is 2.85. The fourth-order valence-corrected chi connectivity index (χ4v) is 5.74. The lowest BCUT2D eigenvalue weighted by molar-refractivity contribution is -0.255. The Kier molecular flexibility index (Phi) is 6.06. The molecule has 1 aliphatic carbocycles. The fraction of sp³-hybridized carbons (Fsp3) is 0.267. The van der Waals surface area contributed by atoms with Crippen LogP contribution in [0, 0.1) is 11.8 Å². The molecule has 0 radical (unpaired) electrons. The molecule has 3 aliphatic heterocycles. The number of carboxylic acids is 3. The van der Waals surface area contributed by atoms with Crippen LogP contribution >= 0.6 is 0 Å². The van der Waals surface area contributed by atoms with Crippen LogP contribution in [0.2, 0.25) is 0 Å². The minimum Gasteiger partial charge on any atom is -0.545 e. The molecular weight excluding hydrogens is 500 g/mol. The van der Waals surface area contributed by atoms with Crippen molar-refractivity contribution in [1.82, 2.24) is 4.58 Å². The minimum absolute atomic E-state index is 0.0814. The van der Waals surface area contributed by atoms with E-state index in [9.17, 15) is 19.5 Å². The van der Waals surface area contributed by atoms with Crippen molar-refractivity contribution in [3.63, 3.8) is 0 Å². The molecule has 0 atom stereocenters. The molecule has 4 aliphatic rings. The summed E-state index contributed by atoms with van der Waals surface area (Å²) in [5.74, 6) is -2.10. The zero-order chi connectivity index (χ0) is 27.3. The van der Waals surface area contributed by atoms with E-state index >= 15 is 0 Å². The summed E-state index contributed by atoms with van der Waals surface area (Å²) < 4.78 is 8.50. The predicted molar refractivity (Wildman–Crippen MR) is 141 cm³/mol. The molecule has 2 N–H and O–H groups in total. The number of fused-ring (bicyclic) bond motifs is 2. The summed E-state index contributed by atoms with van der Waals surface area (Å²) in [5, 5.41) is 31.8. The van der Waals surface area contributed by atoms with Crippen LogP contribution in [0.25, 0.3) is 33.4 Å². The smallest absolute Gasteiger partial charge is 0.304 e. The summed E-state index contributed by atoms with van der Waals surface area (Å²) in [4.78, 5) is 36.2. The van der Waals surface area contributed by atoms with Gasteiger partial charge in [0.25, 0.3) is 0 Å². The van der Waals surface area contributed by atoms with E-state index < -0.39 is 17.9 Å². The van der Waals surface area contributed by atoms with Gasteiger partial charge in [0, 0.05) is 58.9 Å². The van der Waals surface area contributed by atoms with Crippen LogP contribution in [0.5, 0.6) is 0 Å². The highest BCUT2D eigenvalue weighted by atomic mass is 16.4. The molecule has 6 rings (SSSR count). The van der Waals surface area contributed by atoms with Crippen molar-refractivity contribution in [3.05, 3.63) is 71.6 Å². The van der Waals surface area contributed by atoms with Crippen molar-refractivity contribution in [2.24, 2.45) is 11.8 Å². The van der Waals surface area contributed by atoms with Crippen LogP contribution in [-0.4, -0.2) is 54.3 Å². The van der Waals surface area contributed by atoms with Gasteiger partial charge in [0.2, 0.25) is 5.36 Å². The van der Waals surface area contributed by atoms with Crippen molar-refractivity contribution in [2.45, 2.75) is 12.8 Å². The Morgan fingerprint density at radius 1 is 0.897 bits per heavy atom. The molecule has 0 aromatic heterocycles. The normalized spacial score (nSPS) is 17.2. The summed E-state index contributed by atoms with van der Waals surface area (Å²) in [6.45, 7) is 2.56. The quantitative estimate of drug-likeness (QED) is 0.277. The summed E-state index contributed by atoms with van der Waals surface area (Å²) in [5.41, 5.74) is 3.57. The van der Waals surface area contributed by atoms with Crippen LogP contribution in [0.15, 0.2) is 65.1 Å². The third-order valence-corrected chi connectivity index (χ3v) is 7.68. The summed E-state index contributed by atoms with van der Waals surface area (Å²) in [7, 11) is 0. The van der Waals surface area contributed by atoms with Crippen molar-refractivity contribution < 1.29 is 34.1 Å². The predicted octanol–water partition coefficient (Wildman–Crippen LogP) is 2.36. The number of benzene rings is 3. The lowest BCUT2D eigenvalue weighted by atomic mass is 9.90. The van der Waals surface area contributed by atoms with Gasteiger partial charge in [0.1, 0.15) is 11.3 Å². The maximum Gasteiger partial charge on any atom is 0.304 e. The molecule has 3 heterocycles. The molecule has 2 saturated heterocycles. The van der Waals surface area contributed by atoms with Gasteiger partial charge < -0.3 is 29.4 Å². The molecule has 0 amide bonds. The molecule has 2 aromatic carbocycles. The van der Waals surface area contributed by atoms with Crippen molar-refractivity contribution >= 4 is 34.6 Å². The molecule has 2 aromatic rings. The SMILES string of the molecule is O=C(O)CC1CN(c2ccc3c(-c4ccccc4C(=O)[O-])c4ccc(=[N+]5CC(CC(=O)O)C5)cc-4oc3c2)C1. The second-order valence-electron chi connectivity index (χ2n) is 10.4. The number of aliphatic carboxylic acids is 2. The van der Waals surface area contributed by atoms with E-state index in [1.54, 1.807) is 18.2 Å². The van der Waals surface area contributed by atoms with Gasteiger partial charge in [-0.2, -0.15) is 0 Å². The first-order valence-electron chi connectivity index (χ1n) is 12.8. The zero-order valence-corrected chi connectivity index (χ0v) is 21.0. The van der Waals surface area contributed by atoms with Gasteiger partial charge in [-0.05, 0) is 23.8 Å². The number of carboxylic acid groups (broad SMARTS) is 3. The molecule has 0 bridgehead atoms. The van der Waals surface area contributed by atoms with Crippen LogP contribution in [0.3, 0.4) is 0 Å². The van der Waals surface area contributed by atoms with Gasteiger partial charge in [0.15, 0.2) is 13.1 Å². The van der Waals surface area contributed by atoms with Gasteiger partial charge in [-0.25, -0.2) is 4.58 Å². The number of carbonyl (C=O) groups excluding carboxylic acids is 1. The van der Waals surface area contributed by atoms with Gasteiger partial charge >= 0.3 is 11.9 Å². The second kappa shape index (κ2) is 9.58. The Morgan fingerprint density at radius 3 is 2.33 bits per heavy atom. The number of carbonyl (C=O) groups is 3. The molecule has 198 valence electrons. The maximum atomic E-state index is 12.0. The molecule has 0 unspecified atom stereocenters. The second-order valence-corrected chi connectivity index (χ2v) is 10.4. The highest BCUT2D eigenvalue weighted by Crippen LogP contribution is 2.42. The lowest BCUT2D eigenvalue weighted by Crippen LogP contribution is -2.49. The van der Waals surface area contributed by atoms with Gasteiger partial charge in [-0.3, -0.25) is 9.59 Å². The van der Waals surface area contributed by atoms with E-state index in [-0.39, 0.29) is 30.2 Å². The molecule has 0 saturated carbocycles. The van der Waals surface area contributed by atoms with Crippen LogP contribution < -0.4 is 19.9 Å². The van der Waals surface area contributed by atoms with Crippen LogP contribution in [0.4, 0.5) is 5.69 Å². The number of hydrogen-bond donors (Lipinski definition) is 2. The van der Waals surface area contributed by atoms with E-state index in [0.29, 0.717) is 43.1 Å². The highest BCUT2D eigenvalue weighted by molar-refractivity contribution is 6.07. The Balaban J connectivity index is 1.48. The van der Waals surface area contributed by atoms with Gasteiger partial charge in [0.05, 0.1) is 30.8 Å². The van der Waals surface area contributed by atoms with Gasteiger partial charge in [-0.15, -0.1) is 0 Å². The summed E-state index contributed by atoms with van der Waals surface area (Å²) in [6.07, 6.45) is 0.270. The topological polar surface area (TPSA) is 134 Å². The van der Waals surface area contributed by atoms with E-state index in [4.69, 9.17) is 14.6 Å². The Labute approximate surface area is 223 Å². The maximum absolute atomic E-state index is 12.0. The van der Waals surface area contributed by atoms with E-state index in [1.165, 1.54) is 6.07 Å². The highest BCUT2D eigenvalue weighted by Gasteiger charge is 2.34. The Hall–Kier alpha value is -4.66. The largest absolute Gasteiger partial charge is 0.545 e. The molecule has 9 heteroatoms. The Bertz CT molecular complexity index is 1670. The third-order valence-electron chi connectivity index (χ3n) is 7.68. The number of anilines is 1. The minimum atomic E-state index is -1.27.